The van der Waals surface area contributed by atoms with Gasteiger partial charge in [0.15, 0.2) is 0 Å². The Labute approximate surface area is 126 Å². The van der Waals surface area contributed by atoms with Crippen LogP contribution in [0, 0.1) is 23.6 Å². The van der Waals surface area contributed by atoms with Gasteiger partial charge in [0, 0.05) is 18.1 Å². The molecule has 0 aromatic heterocycles. The highest BCUT2D eigenvalue weighted by atomic mass is 19.1. The van der Waals surface area contributed by atoms with E-state index in [1.54, 1.807) is 6.07 Å². The first-order chi connectivity index (χ1) is 10.2. The van der Waals surface area contributed by atoms with E-state index in [-0.39, 0.29) is 18.5 Å². The highest BCUT2D eigenvalue weighted by Crippen LogP contribution is 2.29. The van der Waals surface area contributed by atoms with Crippen LogP contribution in [0.4, 0.5) is 4.39 Å². The van der Waals surface area contributed by atoms with E-state index < -0.39 is 0 Å². The average molecular weight is 290 g/mol. The maximum Gasteiger partial charge on any atom is 0.128 e. The summed E-state index contributed by atoms with van der Waals surface area (Å²) in [7, 11) is 0. The van der Waals surface area contributed by atoms with E-state index in [0.717, 1.165) is 18.8 Å². The first-order valence-electron chi connectivity index (χ1n) is 7.78. The largest absolute Gasteiger partial charge is 0.490 e. The van der Waals surface area contributed by atoms with Crippen molar-refractivity contribution in [2.24, 2.45) is 5.92 Å². The van der Waals surface area contributed by atoms with Gasteiger partial charge in [-0.15, -0.1) is 0 Å². The second kappa shape index (κ2) is 8.05. The van der Waals surface area contributed by atoms with E-state index in [2.05, 4.69) is 18.8 Å². The van der Waals surface area contributed by atoms with Crippen LogP contribution in [0.3, 0.4) is 0 Å². The lowest BCUT2D eigenvalue weighted by Crippen LogP contribution is -2.23. The first kappa shape index (κ1) is 15.9. The van der Waals surface area contributed by atoms with E-state index in [1.165, 1.54) is 31.4 Å². The molecule has 2 rings (SSSR count). The summed E-state index contributed by atoms with van der Waals surface area (Å²) < 4.78 is 19.5. The molecule has 0 spiro atoms. The number of hydrogen-bond acceptors (Lipinski definition) is 2. The summed E-state index contributed by atoms with van der Waals surface area (Å²) in [6.45, 7) is 2.25. The average Bonchev–Trinajstić information content (AvgIpc) is 2.48. The van der Waals surface area contributed by atoms with Gasteiger partial charge in [0.25, 0.3) is 0 Å². The third kappa shape index (κ3) is 5.06. The molecular formula is C18H23FO2. The van der Waals surface area contributed by atoms with Gasteiger partial charge in [0.2, 0.25) is 0 Å². The molecule has 0 heterocycles. The minimum atomic E-state index is -0.331. The Morgan fingerprint density at radius 1 is 1.24 bits per heavy atom. The summed E-state index contributed by atoms with van der Waals surface area (Å²) in [6, 6.07) is 4.59. The molecule has 0 atom stereocenters. The lowest BCUT2D eigenvalue weighted by atomic mass is 9.86. The number of hydrogen-bond donors (Lipinski definition) is 1. The number of halogens is 1. The van der Waals surface area contributed by atoms with Gasteiger partial charge < -0.3 is 9.84 Å². The van der Waals surface area contributed by atoms with Crippen molar-refractivity contribution in [3.63, 3.8) is 0 Å². The van der Waals surface area contributed by atoms with Gasteiger partial charge >= 0.3 is 0 Å². The SMILES string of the molecule is CCC1CCC(Oc2cc(F)cc(C#CCCO)c2)CC1. The standard InChI is InChI=1S/C18H23FO2/c1-2-14-6-8-17(9-7-14)21-18-12-15(5-3-4-10-20)11-16(19)13-18/h11-14,17,20H,2,4,6-10H2,1H3. The van der Waals surface area contributed by atoms with Crippen LogP contribution in [-0.2, 0) is 0 Å². The maximum absolute atomic E-state index is 13.6. The van der Waals surface area contributed by atoms with Crippen molar-refractivity contribution in [1.29, 1.82) is 0 Å². The van der Waals surface area contributed by atoms with Gasteiger partial charge in [0.1, 0.15) is 11.6 Å². The van der Waals surface area contributed by atoms with Crippen molar-refractivity contribution < 1.29 is 14.2 Å². The van der Waals surface area contributed by atoms with E-state index in [0.29, 0.717) is 17.7 Å². The van der Waals surface area contributed by atoms with Crippen molar-refractivity contribution in [1.82, 2.24) is 0 Å². The van der Waals surface area contributed by atoms with Crippen molar-refractivity contribution in [2.75, 3.05) is 6.61 Å². The van der Waals surface area contributed by atoms with Crippen molar-refractivity contribution in [3.8, 4) is 17.6 Å². The van der Waals surface area contributed by atoms with Gasteiger partial charge in [-0.1, -0.05) is 25.2 Å². The highest BCUT2D eigenvalue weighted by Gasteiger charge is 2.21. The highest BCUT2D eigenvalue weighted by molar-refractivity contribution is 5.40. The molecule has 3 heteroatoms. The topological polar surface area (TPSA) is 29.5 Å². The summed E-state index contributed by atoms with van der Waals surface area (Å²) in [5, 5.41) is 8.71. The second-order valence-electron chi connectivity index (χ2n) is 5.62. The Balaban J connectivity index is 1.99. The summed E-state index contributed by atoms with van der Waals surface area (Å²) >= 11 is 0. The van der Waals surface area contributed by atoms with Gasteiger partial charge in [0.05, 0.1) is 12.7 Å². The summed E-state index contributed by atoms with van der Waals surface area (Å²) in [5.74, 6) is 6.70. The molecule has 1 aliphatic carbocycles. The van der Waals surface area contributed by atoms with Crippen LogP contribution in [0.25, 0.3) is 0 Å². The first-order valence-corrected chi connectivity index (χ1v) is 7.78. The van der Waals surface area contributed by atoms with Crippen molar-refractivity contribution in [3.05, 3.63) is 29.6 Å². The molecule has 0 unspecified atom stereocenters. The molecule has 1 N–H and O–H groups in total. The lowest BCUT2D eigenvalue weighted by molar-refractivity contribution is 0.129. The Morgan fingerprint density at radius 2 is 2.00 bits per heavy atom. The minimum Gasteiger partial charge on any atom is -0.490 e. The fourth-order valence-corrected chi connectivity index (χ4v) is 2.77. The number of rotatable bonds is 4. The van der Waals surface area contributed by atoms with Crippen LogP contribution in [0.15, 0.2) is 18.2 Å². The summed E-state index contributed by atoms with van der Waals surface area (Å²) in [6.07, 6.45) is 6.29. The monoisotopic (exact) mass is 290 g/mol. The number of ether oxygens (including phenoxy) is 1. The van der Waals surface area contributed by atoms with E-state index >= 15 is 0 Å². The molecule has 1 aromatic carbocycles. The van der Waals surface area contributed by atoms with E-state index in [4.69, 9.17) is 9.84 Å². The predicted molar refractivity (Wildman–Crippen MR) is 81.6 cm³/mol. The Hall–Kier alpha value is -1.53. The molecule has 1 saturated carbocycles. The van der Waals surface area contributed by atoms with Crippen molar-refractivity contribution >= 4 is 0 Å². The molecule has 0 bridgehead atoms. The van der Waals surface area contributed by atoms with Crippen LogP contribution in [0.5, 0.6) is 5.75 Å². The smallest absolute Gasteiger partial charge is 0.128 e. The molecular weight excluding hydrogens is 267 g/mol. The van der Waals surface area contributed by atoms with Gasteiger partial charge in [-0.05, 0) is 43.7 Å². The van der Waals surface area contributed by atoms with Crippen LogP contribution < -0.4 is 4.74 Å². The molecule has 0 saturated heterocycles. The van der Waals surface area contributed by atoms with Crippen molar-refractivity contribution in [2.45, 2.75) is 51.6 Å². The van der Waals surface area contributed by atoms with Crippen LogP contribution in [0.2, 0.25) is 0 Å². The van der Waals surface area contributed by atoms with Gasteiger partial charge in [-0.25, -0.2) is 4.39 Å². The summed E-state index contributed by atoms with van der Waals surface area (Å²) in [4.78, 5) is 0. The predicted octanol–water partition coefficient (Wildman–Crippen LogP) is 3.91. The zero-order valence-electron chi connectivity index (χ0n) is 12.6. The molecule has 1 aromatic rings. The third-order valence-corrected chi connectivity index (χ3v) is 4.01. The quantitative estimate of drug-likeness (QED) is 0.852. The summed E-state index contributed by atoms with van der Waals surface area (Å²) in [5.41, 5.74) is 0.598. The van der Waals surface area contributed by atoms with E-state index in [9.17, 15) is 4.39 Å². The molecule has 0 radical (unpaired) electrons. The van der Waals surface area contributed by atoms with E-state index in [1.807, 2.05) is 0 Å². The Bertz CT molecular complexity index is 508. The second-order valence-corrected chi connectivity index (χ2v) is 5.62. The van der Waals surface area contributed by atoms with Crippen LogP contribution in [-0.4, -0.2) is 17.8 Å². The van der Waals surface area contributed by atoms with Crippen LogP contribution >= 0.6 is 0 Å². The number of benzene rings is 1. The maximum atomic E-state index is 13.6. The fraction of sp³-hybridized carbons (Fsp3) is 0.556. The molecule has 1 aliphatic rings. The molecule has 0 amide bonds. The zero-order valence-corrected chi connectivity index (χ0v) is 12.6. The lowest BCUT2D eigenvalue weighted by Gasteiger charge is -2.28. The molecule has 114 valence electrons. The minimum absolute atomic E-state index is 0.0202. The molecule has 1 fully saturated rings. The molecule has 21 heavy (non-hydrogen) atoms. The number of aliphatic hydroxyl groups excluding tert-OH is 1. The van der Waals surface area contributed by atoms with Crippen LogP contribution in [0.1, 0.15) is 51.0 Å². The molecule has 2 nitrogen and oxygen atoms in total. The molecule has 0 aliphatic heterocycles. The Kier molecular flexibility index (Phi) is 6.07. The zero-order chi connectivity index (χ0) is 15.1. The normalized spacial score (nSPS) is 21.5. The Morgan fingerprint density at radius 3 is 2.67 bits per heavy atom. The van der Waals surface area contributed by atoms with Gasteiger partial charge in [-0.3, -0.25) is 0 Å². The van der Waals surface area contributed by atoms with Gasteiger partial charge in [-0.2, -0.15) is 0 Å². The third-order valence-electron chi connectivity index (χ3n) is 4.01. The number of aliphatic hydroxyl groups is 1. The fourth-order valence-electron chi connectivity index (χ4n) is 2.77.